The summed E-state index contributed by atoms with van der Waals surface area (Å²) in [6, 6.07) is 7.72. The van der Waals surface area contributed by atoms with Crippen molar-refractivity contribution in [3.63, 3.8) is 0 Å². The molecule has 0 saturated heterocycles. The van der Waals surface area contributed by atoms with Gasteiger partial charge in [0.15, 0.2) is 0 Å². The van der Waals surface area contributed by atoms with Crippen molar-refractivity contribution in [3.05, 3.63) is 36.2 Å². The highest BCUT2D eigenvalue weighted by molar-refractivity contribution is 5.55. The largest absolute Gasteiger partial charge is 0.354 e. The quantitative estimate of drug-likeness (QED) is 0.851. The van der Waals surface area contributed by atoms with Gasteiger partial charge in [-0.1, -0.05) is 6.07 Å². The molecular formula is C12H14N4. The van der Waals surface area contributed by atoms with Gasteiger partial charge >= 0.3 is 0 Å². The Labute approximate surface area is 94.8 Å². The average molecular weight is 214 g/mol. The zero-order valence-electron chi connectivity index (χ0n) is 9.44. The van der Waals surface area contributed by atoms with Crippen LogP contribution in [0.5, 0.6) is 0 Å². The highest BCUT2D eigenvalue weighted by Crippen LogP contribution is 2.16. The predicted molar refractivity (Wildman–Crippen MR) is 64.2 cm³/mol. The van der Waals surface area contributed by atoms with Gasteiger partial charge in [0, 0.05) is 18.4 Å². The number of aryl methyl sites for hydroxylation is 1. The first-order valence-corrected chi connectivity index (χ1v) is 5.30. The smallest absolute Gasteiger partial charge is 0.223 e. The minimum atomic E-state index is 0.656. The van der Waals surface area contributed by atoms with Gasteiger partial charge in [0.1, 0.15) is 0 Å². The summed E-state index contributed by atoms with van der Waals surface area (Å²) in [6.07, 6.45) is 1.76. The van der Waals surface area contributed by atoms with Gasteiger partial charge in [-0.2, -0.15) is 0 Å². The van der Waals surface area contributed by atoms with Crippen molar-refractivity contribution in [1.82, 2.24) is 15.0 Å². The van der Waals surface area contributed by atoms with E-state index in [1.807, 2.05) is 38.1 Å². The summed E-state index contributed by atoms with van der Waals surface area (Å²) >= 11 is 0. The summed E-state index contributed by atoms with van der Waals surface area (Å²) in [4.78, 5) is 13.0. The van der Waals surface area contributed by atoms with E-state index in [1.165, 1.54) is 0 Å². The number of hydrogen-bond donors (Lipinski definition) is 1. The van der Waals surface area contributed by atoms with Crippen molar-refractivity contribution in [2.45, 2.75) is 13.8 Å². The average Bonchev–Trinajstić information content (AvgIpc) is 2.30. The van der Waals surface area contributed by atoms with E-state index in [1.54, 1.807) is 6.20 Å². The molecule has 2 aromatic rings. The molecule has 0 bridgehead atoms. The summed E-state index contributed by atoms with van der Waals surface area (Å²) in [5, 5.41) is 3.11. The lowest BCUT2D eigenvalue weighted by Crippen LogP contribution is -2.04. The van der Waals surface area contributed by atoms with Crippen LogP contribution in [0.2, 0.25) is 0 Å². The maximum atomic E-state index is 4.41. The Balaban J connectivity index is 2.41. The molecule has 2 aromatic heterocycles. The van der Waals surface area contributed by atoms with Crippen molar-refractivity contribution in [1.29, 1.82) is 0 Å². The van der Waals surface area contributed by atoms with E-state index in [-0.39, 0.29) is 0 Å². The third-order valence-corrected chi connectivity index (χ3v) is 2.12. The molecule has 0 fully saturated rings. The second-order valence-corrected chi connectivity index (χ2v) is 3.46. The molecule has 0 atom stereocenters. The lowest BCUT2D eigenvalue weighted by molar-refractivity contribution is 1.05. The van der Waals surface area contributed by atoms with Gasteiger partial charge in [-0.25, -0.2) is 9.97 Å². The van der Waals surface area contributed by atoms with Crippen LogP contribution in [0.1, 0.15) is 12.6 Å². The zero-order valence-corrected chi connectivity index (χ0v) is 9.44. The summed E-state index contributed by atoms with van der Waals surface area (Å²) in [5.74, 6) is 0.656. The van der Waals surface area contributed by atoms with Gasteiger partial charge in [-0.3, -0.25) is 4.98 Å². The Morgan fingerprint density at radius 3 is 2.75 bits per heavy atom. The normalized spacial score (nSPS) is 10.1. The summed E-state index contributed by atoms with van der Waals surface area (Å²) in [6.45, 7) is 4.78. The van der Waals surface area contributed by atoms with Crippen LogP contribution < -0.4 is 5.32 Å². The molecule has 0 spiro atoms. The highest BCUT2D eigenvalue weighted by atomic mass is 15.1. The van der Waals surface area contributed by atoms with Crippen molar-refractivity contribution >= 4 is 5.95 Å². The minimum Gasteiger partial charge on any atom is -0.354 e. The van der Waals surface area contributed by atoms with Crippen molar-refractivity contribution in [2.75, 3.05) is 11.9 Å². The standard InChI is InChI=1S/C12H14N4/c1-3-13-12-15-9(2)8-11(16-12)10-6-4-5-7-14-10/h4-8H,3H2,1-2H3,(H,13,15,16). The first kappa shape index (κ1) is 10.5. The fraction of sp³-hybridized carbons (Fsp3) is 0.250. The van der Waals surface area contributed by atoms with Crippen LogP contribution >= 0.6 is 0 Å². The number of aromatic nitrogens is 3. The van der Waals surface area contributed by atoms with Crippen LogP contribution in [-0.4, -0.2) is 21.5 Å². The third kappa shape index (κ3) is 2.34. The monoisotopic (exact) mass is 214 g/mol. The second kappa shape index (κ2) is 4.70. The Kier molecular flexibility index (Phi) is 3.10. The van der Waals surface area contributed by atoms with Crippen molar-refractivity contribution in [3.8, 4) is 11.4 Å². The predicted octanol–water partition coefficient (Wildman–Crippen LogP) is 2.28. The fourth-order valence-electron chi connectivity index (χ4n) is 1.45. The fourth-order valence-corrected chi connectivity index (χ4v) is 1.45. The minimum absolute atomic E-state index is 0.656. The number of hydrogen-bond acceptors (Lipinski definition) is 4. The van der Waals surface area contributed by atoms with E-state index in [0.717, 1.165) is 23.6 Å². The van der Waals surface area contributed by atoms with Gasteiger partial charge in [0.2, 0.25) is 5.95 Å². The lowest BCUT2D eigenvalue weighted by Gasteiger charge is -2.05. The van der Waals surface area contributed by atoms with Crippen LogP contribution in [0, 0.1) is 6.92 Å². The molecule has 0 aliphatic carbocycles. The van der Waals surface area contributed by atoms with Crippen molar-refractivity contribution in [2.24, 2.45) is 0 Å². The van der Waals surface area contributed by atoms with Crippen LogP contribution in [0.3, 0.4) is 0 Å². The first-order valence-electron chi connectivity index (χ1n) is 5.30. The molecule has 4 nitrogen and oxygen atoms in total. The Morgan fingerprint density at radius 1 is 1.19 bits per heavy atom. The second-order valence-electron chi connectivity index (χ2n) is 3.46. The van der Waals surface area contributed by atoms with E-state index in [0.29, 0.717) is 5.95 Å². The van der Waals surface area contributed by atoms with Gasteiger partial charge < -0.3 is 5.32 Å². The molecule has 0 saturated carbocycles. The van der Waals surface area contributed by atoms with Crippen LogP contribution in [0.15, 0.2) is 30.5 Å². The maximum Gasteiger partial charge on any atom is 0.223 e. The summed E-state index contributed by atoms with van der Waals surface area (Å²) < 4.78 is 0. The van der Waals surface area contributed by atoms with Crippen LogP contribution in [0.4, 0.5) is 5.95 Å². The maximum absolute atomic E-state index is 4.41. The highest BCUT2D eigenvalue weighted by Gasteiger charge is 2.04. The van der Waals surface area contributed by atoms with Gasteiger partial charge in [-0.15, -0.1) is 0 Å². The molecule has 0 aliphatic heterocycles. The van der Waals surface area contributed by atoms with Gasteiger partial charge in [-0.05, 0) is 32.0 Å². The van der Waals surface area contributed by atoms with E-state index in [4.69, 9.17) is 0 Å². The number of nitrogens with zero attached hydrogens (tertiary/aromatic N) is 3. The van der Waals surface area contributed by atoms with Crippen LogP contribution in [0.25, 0.3) is 11.4 Å². The summed E-state index contributed by atoms with van der Waals surface area (Å²) in [7, 11) is 0. The molecule has 0 unspecified atom stereocenters. The van der Waals surface area contributed by atoms with E-state index in [2.05, 4.69) is 20.3 Å². The van der Waals surface area contributed by atoms with Gasteiger partial charge in [0.25, 0.3) is 0 Å². The molecule has 0 aromatic carbocycles. The van der Waals surface area contributed by atoms with E-state index < -0.39 is 0 Å². The number of rotatable bonds is 3. The van der Waals surface area contributed by atoms with E-state index in [9.17, 15) is 0 Å². The molecule has 1 N–H and O–H groups in total. The molecule has 0 aliphatic rings. The number of pyridine rings is 1. The third-order valence-electron chi connectivity index (χ3n) is 2.12. The molecule has 82 valence electrons. The van der Waals surface area contributed by atoms with Crippen molar-refractivity contribution < 1.29 is 0 Å². The molecule has 16 heavy (non-hydrogen) atoms. The molecule has 2 rings (SSSR count). The lowest BCUT2D eigenvalue weighted by atomic mass is 10.2. The Morgan fingerprint density at radius 2 is 2.06 bits per heavy atom. The SMILES string of the molecule is CCNc1nc(C)cc(-c2ccccn2)n1. The summed E-state index contributed by atoms with van der Waals surface area (Å²) in [5.41, 5.74) is 2.66. The number of nitrogens with one attached hydrogen (secondary N) is 1. The molecule has 4 heteroatoms. The topological polar surface area (TPSA) is 50.7 Å². The first-order chi connectivity index (χ1) is 7.79. The van der Waals surface area contributed by atoms with Crippen LogP contribution in [-0.2, 0) is 0 Å². The van der Waals surface area contributed by atoms with E-state index >= 15 is 0 Å². The molecule has 2 heterocycles. The molecular weight excluding hydrogens is 200 g/mol. The molecule has 0 amide bonds. The Bertz CT molecular complexity index is 468. The van der Waals surface area contributed by atoms with Gasteiger partial charge in [0.05, 0.1) is 11.4 Å². The number of anilines is 1. The molecule has 0 radical (unpaired) electrons. The Hall–Kier alpha value is -1.97. The zero-order chi connectivity index (χ0) is 11.4.